The Morgan fingerprint density at radius 3 is 2.76 bits per heavy atom. The summed E-state index contributed by atoms with van der Waals surface area (Å²) in [6, 6.07) is 2.85. The van der Waals surface area contributed by atoms with Crippen LogP contribution in [0.5, 0.6) is 0 Å². The van der Waals surface area contributed by atoms with Gasteiger partial charge in [-0.3, -0.25) is 4.79 Å². The zero-order valence-electron chi connectivity index (χ0n) is 8.73. The predicted octanol–water partition coefficient (Wildman–Crippen LogP) is 1.62. The van der Waals surface area contributed by atoms with Gasteiger partial charge in [0.25, 0.3) is 5.91 Å². The molecule has 0 aromatic carbocycles. The highest BCUT2D eigenvalue weighted by Crippen LogP contribution is 2.28. The highest BCUT2D eigenvalue weighted by atomic mass is 35.5. The number of hydrogen-bond acceptors (Lipinski definition) is 4. The summed E-state index contributed by atoms with van der Waals surface area (Å²) in [5.74, 6) is -0.476. The van der Waals surface area contributed by atoms with Crippen LogP contribution in [-0.2, 0) is 4.79 Å². The molecule has 2 N–H and O–H groups in total. The van der Waals surface area contributed by atoms with Crippen LogP contribution in [0.3, 0.4) is 0 Å². The second kappa shape index (κ2) is 4.62. The number of carboxylic acid groups (broad SMARTS) is 1. The molecule has 1 amide bonds. The second-order valence-electron chi connectivity index (χ2n) is 3.75. The number of halogens is 1. The van der Waals surface area contributed by atoms with Gasteiger partial charge < -0.3 is 14.8 Å². The van der Waals surface area contributed by atoms with Gasteiger partial charge in [-0.25, -0.2) is 4.79 Å². The standard InChI is InChI=1S/C10H10ClNO4S/c11-7-2-1-6(16-7)8(13)12-10(9(14)15)3-4-17-5-10/h1-2H,3-5H2,(H,12,13)(H,14,15). The molecule has 1 unspecified atom stereocenters. The first-order valence-electron chi connectivity index (χ1n) is 4.92. The fourth-order valence-electron chi connectivity index (χ4n) is 1.60. The van der Waals surface area contributed by atoms with E-state index in [1.807, 2.05) is 0 Å². The largest absolute Gasteiger partial charge is 0.479 e. The molecule has 2 heterocycles. The predicted molar refractivity (Wildman–Crippen MR) is 63.5 cm³/mol. The van der Waals surface area contributed by atoms with E-state index in [2.05, 4.69) is 5.32 Å². The Bertz CT molecular complexity index is 453. The number of thioether (sulfide) groups is 1. The van der Waals surface area contributed by atoms with Crippen LogP contribution in [0.25, 0.3) is 0 Å². The van der Waals surface area contributed by atoms with Crippen LogP contribution < -0.4 is 5.32 Å². The lowest BCUT2D eigenvalue weighted by atomic mass is 9.99. The summed E-state index contributed by atoms with van der Waals surface area (Å²) in [5.41, 5.74) is -1.19. The van der Waals surface area contributed by atoms with E-state index in [-0.39, 0.29) is 11.0 Å². The third-order valence-corrected chi connectivity index (χ3v) is 3.97. The zero-order chi connectivity index (χ0) is 12.5. The fourth-order valence-corrected chi connectivity index (χ4v) is 3.07. The summed E-state index contributed by atoms with van der Waals surface area (Å²) in [7, 11) is 0. The van der Waals surface area contributed by atoms with Gasteiger partial charge in [0.2, 0.25) is 0 Å². The molecule has 17 heavy (non-hydrogen) atoms. The minimum Gasteiger partial charge on any atom is -0.479 e. The van der Waals surface area contributed by atoms with E-state index in [1.54, 1.807) is 0 Å². The number of carbonyl (C=O) groups is 2. The van der Waals surface area contributed by atoms with Crippen molar-refractivity contribution in [3.8, 4) is 0 Å². The molecule has 0 aliphatic carbocycles. The van der Waals surface area contributed by atoms with Gasteiger partial charge >= 0.3 is 5.97 Å². The quantitative estimate of drug-likeness (QED) is 0.876. The smallest absolute Gasteiger partial charge is 0.330 e. The van der Waals surface area contributed by atoms with E-state index in [0.717, 1.165) is 0 Å². The Morgan fingerprint density at radius 1 is 1.53 bits per heavy atom. The summed E-state index contributed by atoms with van der Waals surface area (Å²) in [6.45, 7) is 0. The van der Waals surface area contributed by atoms with Gasteiger partial charge in [-0.2, -0.15) is 11.8 Å². The molecule has 1 aliphatic rings. The van der Waals surface area contributed by atoms with Crippen molar-refractivity contribution in [3.05, 3.63) is 23.1 Å². The summed E-state index contributed by atoms with van der Waals surface area (Å²) >= 11 is 7.05. The number of carboxylic acids is 1. The number of amides is 1. The molecule has 1 atom stereocenters. The summed E-state index contributed by atoms with van der Waals surface area (Å²) in [5, 5.41) is 11.8. The van der Waals surface area contributed by atoms with E-state index in [0.29, 0.717) is 17.9 Å². The topological polar surface area (TPSA) is 79.5 Å². The zero-order valence-corrected chi connectivity index (χ0v) is 10.3. The van der Waals surface area contributed by atoms with Gasteiger partial charge in [-0.1, -0.05) is 0 Å². The van der Waals surface area contributed by atoms with Gasteiger partial charge in [0, 0.05) is 5.75 Å². The van der Waals surface area contributed by atoms with Crippen molar-refractivity contribution in [3.63, 3.8) is 0 Å². The number of rotatable bonds is 3. The Balaban J connectivity index is 2.14. The Labute approximate surface area is 107 Å². The SMILES string of the molecule is O=C(NC1(C(=O)O)CCSC1)c1ccc(Cl)o1. The van der Waals surface area contributed by atoms with Gasteiger partial charge in [0.1, 0.15) is 5.54 Å². The lowest BCUT2D eigenvalue weighted by molar-refractivity contribution is -0.143. The minimum atomic E-state index is -1.19. The molecule has 1 aromatic rings. The molecule has 1 aliphatic heterocycles. The Morgan fingerprint density at radius 2 is 2.29 bits per heavy atom. The van der Waals surface area contributed by atoms with Crippen LogP contribution in [0.4, 0.5) is 0 Å². The van der Waals surface area contributed by atoms with Gasteiger partial charge in [-0.15, -0.1) is 0 Å². The summed E-state index contributed by atoms with van der Waals surface area (Å²) in [6.07, 6.45) is 0.410. The second-order valence-corrected chi connectivity index (χ2v) is 5.23. The van der Waals surface area contributed by atoms with Crippen molar-refractivity contribution >= 4 is 35.2 Å². The molecule has 0 saturated carbocycles. The normalized spacial score (nSPS) is 23.6. The lowest BCUT2D eigenvalue weighted by Crippen LogP contribution is -2.54. The van der Waals surface area contributed by atoms with Gasteiger partial charge in [0.05, 0.1) is 0 Å². The number of hydrogen-bond donors (Lipinski definition) is 2. The molecule has 1 aromatic heterocycles. The molecule has 7 heteroatoms. The first-order chi connectivity index (χ1) is 8.03. The molecule has 92 valence electrons. The van der Waals surface area contributed by atoms with Crippen molar-refractivity contribution in [2.45, 2.75) is 12.0 Å². The Kier molecular flexibility index (Phi) is 3.35. The van der Waals surface area contributed by atoms with Gasteiger partial charge in [0.15, 0.2) is 11.0 Å². The maximum Gasteiger partial charge on any atom is 0.330 e. The molecule has 1 saturated heterocycles. The molecule has 2 rings (SSSR count). The van der Waals surface area contributed by atoms with Crippen LogP contribution in [-0.4, -0.2) is 34.0 Å². The van der Waals surface area contributed by atoms with E-state index in [1.165, 1.54) is 23.9 Å². The first-order valence-corrected chi connectivity index (χ1v) is 6.46. The van der Waals surface area contributed by atoms with Crippen molar-refractivity contribution in [2.75, 3.05) is 11.5 Å². The van der Waals surface area contributed by atoms with Crippen molar-refractivity contribution < 1.29 is 19.1 Å². The summed E-state index contributed by atoms with van der Waals surface area (Å²) < 4.78 is 4.93. The van der Waals surface area contributed by atoms with Crippen LogP contribution in [0, 0.1) is 0 Å². The molecule has 1 fully saturated rings. The minimum absolute atomic E-state index is 0.0209. The number of nitrogens with one attached hydrogen (secondary N) is 1. The van der Waals surface area contributed by atoms with Gasteiger partial charge in [-0.05, 0) is 35.9 Å². The van der Waals surface area contributed by atoms with E-state index >= 15 is 0 Å². The molecule has 5 nitrogen and oxygen atoms in total. The van der Waals surface area contributed by atoms with Crippen LogP contribution in [0.1, 0.15) is 17.0 Å². The van der Waals surface area contributed by atoms with Crippen LogP contribution in [0.2, 0.25) is 5.22 Å². The molecule has 0 radical (unpaired) electrons. The third kappa shape index (κ3) is 2.42. The fraction of sp³-hybridized carbons (Fsp3) is 0.400. The molecule has 0 bridgehead atoms. The maximum absolute atomic E-state index is 11.8. The average molecular weight is 276 g/mol. The monoisotopic (exact) mass is 275 g/mol. The summed E-state index contributed by atoms with van der Waals surface area (Å²) in [4.78, 5) is 23.0. The highest BCUT2D eigenvalue weighted by Gasteiger charge is 2.43. The highest BCUT2D eigenvalue weighted by molar-refractivity contribution is 7.99. The molecule has 0 spiro atoms. The first kappa shape index (κ1) is 12.3. The van der Waals surface area contributed by atoms with Crippen molar-refractivity contribution in [2.24, 2.45) is 0 Å². The number of aliphatic carboxylic acids is 1. The van der Waals surface area contributed by atoms with E-state index in [9.17, 15) is 14.7 Å². The molecular weight excluding hydrogens is 266 g/mol. The molecular formula is C10H10ClNO4S. The van der Waals surface area contributed by atoms with Crippen molar-refractivity contribution in [1.29, 1.82) is 0 Å². The van der Waals surface area contributed by atoms with E-state index < -0.39 is 17.4 Å². The lowest BCUT2D eigenvalue weighted by Gasteiger charge is -2.23. The maximum atomic E-state index is 11.8. The number of furan rings is 1. The Hall–Kier alpha value is -1.14. The van der Waals surface area contributed by atoms with Crippen molar-refractivity contribution in [1.82, 2.24) is 5.32 Å². The van der Waals surface area contributed by atoms with Crippen LogP contribution >= 0.6 is 23.4 Å². The van der Waals surface area contributed by atoms with Crippen LogP contribution in [0.15, 0.2) is 16.5 Å². The third-order valence-electron chi connectivity index (χ3n) is 2.58. The number of carbonyl (C=O) groups excluding carboxylic acids is 1. The average Bonchev–Trinajstić information content (AvgIpc) is 2.87. The van der Waals surface area contributed by atoms with E-state index in [4.69, 9.17) is 16.0 Å².